The number of carboxylic acid groups (broad SMARTS) is 1. The second-order valence-electron chi connectivity index (χ2n) is 4.86. The molecule has 0 aromatic carbocycles. The lowest BCUT2D eigenvalue weighted by atomic mass is 9.92. The number of nitrogens with zero attached hydrogens (tertiary/aromatic N) is 1. The molecule has 1 aliphatic heterocycles. The zero-order valence-electron chi connectivity index (χ0n) is 9.86. The minimum absolute atomic E-state index is 0.445. The Morgan fingerprint density at radius 2 is 1.93 bits per heavy atom. The van der Waals surface area contributed by atoms with Gasteiger partial charge in [0.25, 0.3) is 0 Å². The highest BCUT2D eigenvalue weighted by molar-refractivity contribution is 5.85. The van der Waals surface area contributed by atoms with Crippen LogP contribution in [0.1, 0.15) is 27.2 Å². The summed E-state index contributed by atoms with van der Waals surface area (Å²) in [6.07, 6.45) is 3.10. The number of likely N-dealkylation sites (tertiary alicyclic amines) is 1. The quantitative estimate of drug-likeness (QED) is 0.726. The first-order valence-corrected chi connectivity index (χ1v) is 5.61. The lowest BCUT2D eigenvalue weighted by molar-refractivity contribution is -0.132. The molecule has 1 N–H and O–H groups in total. The van der Waals surface area contributed by atoms with Gasteiger partial charge in [0, 0.05) is 25.2 Å². The van der Waals surface area contributed by atoms with E-state index in [1.165, 1.54) is 6.42 Å². The van der Waals surface area contributed by atoms with Crippen LogP contribution in [0, 0.1) is 11.8 Å². The number of aliphatic carboxylic acids is 1. The van der Waals surface area contributed by atoms with Crippen molar-refractivity contribution in [2.75, 3.05) is 19.6 Å². The minimum atomic E-state index is -0.812. The van der Waals surface area contributed by atoms with E-state index in [-0.39, 0.29) is 0 Å². The van der Waals surface area contributed by atoms with Crippen molar-refractivity contribution in [2.45, 2.75) is 27.2 Å². The van der Waals surface area contributed by atoms with E-state index in [1.807, 2.05) is 6.08 Å². The maximum Gasteiger partial charge on any atom is 0.330 e. The van der Waals surface area contributed by atoms with Gasteiger partial charge < -0.3 is 5.11 Å². The molecular weight excluding hydrogens is 190 g/mol. The van der Waals surface area contributed by atoms with E-state index in [4.69, 9.17) is 5.11 Å². The number of carboxylic acids is 1. The maximum atomic E-state index is 10.6. The van der Waals surface area contributed by atoms with Gasteiger partial charge in [-0.25, -0.2) is 4.79 Å². The molecule has 0 aromatic rings. The number of hydrogen-bond acceptors (Lipinski definition) is 2. The average molecular weight is 211 g/mol. The predicted octanol–water partition coefficient (Wildman–Crippen LogP) is 2.00. The summed E-state index contributed by atoms with van der Waals surface area (Å²) in [7, 11) is 0. The van der Waals surface area contributed by atoms with Crippen LogP contribution >= 0.6 is 0 Å². The fourth-order valence-corrected chi connectivity index (χ4v) is 2.29. The average Bonchev–Trinajstić information content (AvgIpc) is 2.12. The van der Waals surface area contributed by atoms with Crippen LogP contribution in [0.25, 0.3) is 0 Å². The third kappa shape index (κ3) is 4.04. The Morgan fingerprint density at radius 1 is 1.40 bits per heavy atom. The molecule has 1 rings (SSSR count). The van der Waals surface area contributed by atoms with Crippen LogP contribution in [0.15, 0.2) is 11.6 Å². The fraction of sp³-hybridized carbons (Fsp3) is 0.750. The number of carbonyl (C=O) groups is 1. The first-order chi connectivity index (χ1) is 6.99. The Kier molecular flexibility index (Phi) is 4.33. The molecule has 0 radical (unpaired) electrons. The summed E-state index contributed by atoms with van der Waals surface area (Å²) in [6.45, 7) is 9.13. The van der Waals surface area contributed by atoms with Gasteiger partial charge in [0.1, 0.15) is 0 Å². The fourth-order valence-electron chi connectivity index (χ4n) is 2.29. The van der Waals surface area contributed by atoms with E-state index in [1.54, 1.807) is 6.92 Å². The zero-order chi connectivity index (χ0) is 11.4. The van der Waals surface area contributed by atoms with Crippen LogP contribution in [0.5, 0.6) is 0 Å². The van der Waals surface area contributed by atoms with Gasteiger partial charge in [0.2, 0.25) is 0 Å². The van der Waals surface area contributed by atoms with Crippen LogP contribution in [0.2, 0.25) is 0 Å². The topological polar surface area (TPSA) is 40.5 Å². The molecule has 1 saturated heterocycles. The molecule has 1 heterocycles. The van der Waals surface area contributed by atoms with Gasteiger partial charge in [0.05, 0.1) is 0 Å². The first-order valence-electron chi connectivity index (χ1n) is 5.61. The molecule has 86 valence electrons. The Bertz CT molecular complexity index is 250. The molecule has 2 atom stereocenters. The second kappa shape index (κ2) is 5.31. The summed E-state index contributed by atoms with van der Waals surface area (Å²) >= 11 is 0. The Balaban J connectivity index is 2.45. The van der Waals surface area contributed by atoms with Gasteiger partial charge in [-0.15, -0.1) is 0 Å². The predicted molar refractivity (Wildman–Crippen MR) is 60.8 cm³/mol. The van der Waals surface area contributed by atoms with E-state index >= 15 is 0 Å². The second-order valence-corrected chi connectivity index (χ2v) is 4.86. The highest BCUT2D eigenvalue weighted by atomic mass is 16.4. The molecule has 2 unspecified atom stereocenters. The maximum absolute atomic E-state index is 10.6. The van der Waals surface area contributed by atoms with Crippen LogP contribution in [-0.2, 0) is 4.79 Å². The lowest BCUT2D eigenvalue weighted by Crippen LogP contribution is -2.38. The summed E-state index contributed by atoms with van der Waals surface area (Å²) in [4.78, 5) is 13.0. The molecule has 3 heteroatoms. The van der Waals surface area contributed by atoms with E-state index in [9.17, 15) is 4.79 Å². The van der Waals surface area contributed by atoms with Crippen molar-refractivity contribution in [3.63, 3.8) is 0 Å². The van der Waals surface area contributed by atoms with E-state index in [2.05, 4.69) is 18.7 Å². The highest BCUT2D eigenvalue weighted by Gasteiger charge is 2.20. The molecule has 1 fully saturated rings. The van der Waals surface area contributed by atoms with Crippen LogP contribution < -0.4 is 0 Å². The lowest BCUT2D eigenvalue weighted by Gasteiger charge is -2.34. The van der Waals surface area contributed by atoms with Gasteiger partial charge >= 0.3 is 5.97 Å². The normalized spacial score (nSPS) is 29.1. The standard InChI is InChI=1S/C12H21NO2/c1-9-6-10(2)8-13(7-9)5-4-11(3)12(14)15/h4,9-10H,5-8H2,1-3H3,(H,14,15)/b11-4-. The van der Waals surface area contributed by atoms with Crippen molar-refractivity contribution in [1.82, 2.24) is 4.90 Å². The van der Waals surface area contributed by atoms with E-state index in [0.717, 1.165) is 31.5 Å². The van der Waals surface area contributed by atoms with Crippen molar-refractivity contribution < 1.29 is 9.90 Å². The molecule has 1 aliphatic rings. The van der Waals surface area contributed by atoms with Crippen molar-refractivity contribution >= 4 is 5.97 Å². The van der Waals surface area contributed by atoms with Gasteiger partial charge in [-0.3, -0.25) is 4.90 Å². The number of piperidine rings is 1. The van der Waals surface area contributed by atoms with Crippen LogP contribution in [0.4, 0.5) is 0 Å². The molecule has 0 amide bonds. The third-order valence-electron chi connectivity index (χ3n) is 2.94. The molecule has 0 aromatic heterocycles. The van der Waals surface area contributed by atoms with Crippen LogP contribution in [0.3, 0.4) is 0 Å². The summed E-state index contributed by atoms with van der Waals surface area (Å²) < 4.78 is 0. The van der Waals surface area contributed by atoms with E-state index in [0.29, 0.717) is 5.57 Å². The largest absolute Gasteiger partial charge is 0.478 e. The zero-order valence-corrected chi connectivity index (χ0v) is 9.86. The summed E-state index contributed by atoms with van der Waals surface area (Å²) in [5.74, 6) is 0.646. The number of rotatable bonds is 3. The summed E-state index contributed by atoms with van der Waals surface area (Å²) in [6, 6.07) is 0. The first kappa shape index (κ1) is 12.2. The highest BCUT2D eigenvalue weighted by Crippen LogP contribution is 2.20. The Morgan fingerprint density at radius 3 is 2.40 bits per heavy atom. The smallest absolute Gasteiger partial charge is 0.330 e. The molecule has 0 saturated carbocycles. The Hall–Kier alpha value is -0.830. The molecule has 3 nitrogen and oxygen atoms in total. The number of hydrogen-bond donors (Lipinski definition) is 1. The molecular formula is C12H21NO2. The van der Waals surface area contributed by atoms with Crippen molar-refractivity contribution in [3.05, 3.63) is 11.6 Å². The Labute approximate surface area is 91.8 Å². The SMILES string of the molecule is C/C(=C/CN1CC(C)CC(C)C1)C(=O)O. The molecule has 0 bridgehead atoms. The summed E-state index contributed by atoms with van der Waals surface area (Å²) in [5, 5.41) is 8.73. The monoisotopic (exact) mass is 211 g/mol. The van der Waals surface area contributed by atoms with Crippen LogP contribution in [-0.4, -0.2) is 35.6 Å². The van der Waals surface area contributed by atoms with Gasteiger partial charge in [-0.1, -0.05) is 19.9 Å². The van der Waals surface area contributed by atoms with Gasteiger partial charge in [-0.05, 0) is 25.2 Å². The van der Waals surface area contributed by atoms with E-state index < -0.39 is 5.97 Å². The van der Waals surface area contributed by atoms with Gasteiger partial charge in [-0.2, -0.15) is 0 Å². The minimum Gasteiger partial charge on any atom is -0.478 e. The molecule has 0 aliphatic carbocycles. The molecule has 0 spiro atoms. The third-order valence-corrected chi connectivity index (χ3v) is 2.94. The van der Waals surface area contributed by atoms with Gasteiger partial charge in [0.15, 0.2) is 0 Å². The van der Waals surface area contributed by atoms with Crippen molar-refractivity contribution in [3.8, 4) is 0 Å². The van der Waals surface area contributed by atoms with Crippen molar-refractivity contribution in [2.24, 2.45) is 11.8 Å². The summed E-state index contributed by atoms with van der Waals surface area (Å²) in [5.41, 5.74) is 0.445. The molecule has 15 heavy (non-hydrogen) atoms. The van der Waals surface area contributed by atoms with Crippen molar-refractivity contribution in [1.29, 1.82) is 0 Å².